The predicted molar refractivity (Wildman–Crippen MR) is 21.5 cm³/mol. The Morgan fingerprint density at radius 1 is 1.67 bits per heavy atom. The van der Waals surface area contributed by atoms with Crippen LogP contribution < -0.4 is 11.3 Å². The van der Waals surface area contributed by atoms with Gasteiger partial charge in [0.2, 0.25) is 0 Å². The van der Waals surface area contributed by atoms with Gasteiger partial charge in [-0.1, -0.05) is 0 Å². The van der Waals surface area contributed by atoms with Crippen molar-refractivity contribution in [3.63, 3.8) is 0 Å². The number of hydrogen-bond donors (Lipinski definition) is 1. The van der Waals surface area contributed by atoms with Crippen LogP contribution in [0.2, 0.25) is 0 Å². The summed E-state index contributed by atoms with van der Waals surface area (Å²) in [4.78, 5) is 8.89. The molecule has 0 amide bonds. The van der Waals surface area contributed by atoms with Crippen LogP contribution in [-0.4, -0.2) is 43.7 Å². The molecule has 0 bridgehead atoms. The summed E-state index contributed by atoms with van der Waals surface area (Å²) in [5.41, 5.74) is 0. The van der Waals surface area contributed by atoms with Gasteiger partial charge in [0.15, 0.2) is 0 Å². The molecule has 3 N–H and O–H groups in total. The van der Waals surface area contributed by atoms with Crippen molar-refractivity contribution < 1.29 is 9.90 Å². The molecular weight excluding hydrogens is 110 g/mol. The number of carboxylic acids is 1. The van der Waals surface area contributed by atoms with Gasteiger partial charge < -0.3 is 16.1 Å². The van der Waals surface area contributed by atoms with Crippen molar-refractivity contribution in [2.75, 3.05) is 0 Å². The molecule has 0 aromatic rings. The largest absolute Gasteiger partial charge is 2.00 e. The van der Waals surface area contributed by atoms with Crippen molar-refractivity contribution >= 4 is 43.7 Å². The monoisotopic (exact) mass is 116 g/mol. The van der Waals surface area contributed by atoms with Gasteiger partial charge in [-0.3, -0.25) is 0 Å². The molecule has 4 heteroatoms. The van der Waals surface area contributed by atoms with E-state index in [1.165, 1.54) is 0 Å². The van der Waals surface area contributed by atoms with E-state index in [0.29, 0.717) is 0 Å². The molecule has 32 valence electrons. The second kappa shape index (κ2) is 9.19. The minimum Gasteiger partial charge on any atom is -0.550 e. The fraction of sp³-hybridized carbons (Fsp3) is 0.500. The van der Waals surface area contributed by atoms with Crippen LogP contribution in [0.1, 0.15) is 6.92 Å². The first kappa shape index (κ1) is 15.9. The SMILES string of the molecule is CC(=O)[O-].N.[Ca+2]. The van der Waals surface area contributed by atoms with Gasteiger partial charge in [0.05, 0.1) is 0 Å². The summed E-state index contributed by atoms with van der Waals surface area (Å²) < 4.78 is 0. The van der Waals surface area contributed by atoms with Crippen LogP contribution in [0.25, 0.3) is 0 Å². The van der Waals surface area contributed by atoms with Crippen molar-refractivity contribution in [2.24, 2.45) is 0 Å². The Morgan fingerprint density at radius 2 is 1.67 bits per heavy atom. The zero-order chi connectivity index (χ0) is 3.58. The molecule has 0 aliphatic rings. The van der Waals surface area contributed by atoms with Crippen LogP contribution in [0.4, 0.5) is 0 Å². The number of hydrogen-bond acceptors (Lipinski definition) is 3. The Balaban J connectivity index is -0.0000000450. The van der Waals surface area contributed by atoms with Gasteiger partial charge in [-0.05, 0) is 6.92 Å². The third-order valence-corrected chi connectivity index (χ3v) is 0. The molecule has 0 heterocycles. The summed E-state index contributed by atoms with van der Waals surface area (Å²) >= 11 is 0. The smallest absolute Gasteiger partial charge is 0.550 e. The molecule has 0 aromatic carbocycles. The van der Waals surface area contributed by atoms with Gasteiger partial charge in [0, 0.05) is 5.97 Å². The fourth-order valence-corrected chi connectivity index (χ4v) is 0. The van der Waals surface area contributed by atoms with Crippen molar-refractivity contribution in [3.8, 4) is 0 Å². The second-order valence-corrected chi connectivity index (χ2v) is 0.492. The quantitative estimate of drug-likeness (QED) is 0.393. The maximum Gasteiger partial charge on any atom is 2.00 e. The summed E-state index contributed by atoms with van der Waals surface area (Å²) in [6, 6.07) is 0. The van der Waals surface area contributed by atoms with Crippen LogP contribution in [0.15, 0.2) is 0 Å². The van der Waals surface area contributed by atoms with Gasteiger partial charge in [-0.15, -0.1) is 0 Å². The van der Waals surface area contributed by atoms with Crippen molar-refractivity contribution in [1.29, 1.82) is 0 Å². The summed E-state index contributed by atoms with van der Waals surface area (Å²) in [5.74, 6) is -1.08. The molecule has 0 aliphatic heterocycles. The number of carbonyl (C=O) groups is 1. The third kappa shape index (κ3) is 134. The molecule has 6 heavy (non-hydrogen) atoms. The maximum atomic E-state index is 8.89. The first-order valence-electron chi connectivity index (χ1n) is 0.908. The van der Waals surface area contributed by atoms with Crippen molar-refractivity contribution in [2.45, 2.75) is 6.92 Å². The first-order valence-corrected chi connectivity index (χ1v) is 0.908. The molecule has 0 unspecified atom stereocenters. The number of carboxylic acid groups (broad SMARTS) is 1. The summed E-state index contributed by atoms with van der Waals surface area (Å²) in [6.45, 7) is 0.972. The molecule has 0 atom stereocenters. The van der Waals surface area contributed by atoms with E-state index in [-0.39, 0.29) is 43.9 Å². The Kier molecular flexibility index (Phi) is 24.4. The molecule has 0 aromatic heterocycles. The van der Waals surface area contributed by atoms with E-state index in [9.17, 15) is 0 Å². The van der Waals surface area contributed by atoms with Crippen LogP contribution in [0, 0.1) is 0 Å². The third-order valence-electron chi connectivity index (χ3n) is 0. The first-order chi connectivity index (χ1) is 1.73. The molecular formula is C2H6CaNO2+. The van der Waals surface area contributed by atoms with Crippen LogP contribution in [0.3, 0.4) is 0 Å². The molecule has 0 saturated carbocycles. The molecule has 3 nitrogen and oxygen atoms in total. The standard InChI is InChI=1S/C2H4O2.Ca.H3N/c1-2(3)4;;/h1H3,(H,3,4);;1H3/q;+2;/p-1. The molecule has 0 saturated heterocycles. The van der Waals surface area contributed by atoms with Crippen LogP contribution in [0.5, 0.6) is 0 Å². The van der Waals surface area contributed by atoms with Gasteiger partial charge >= 0.3 is 37.7 Å². The Labute approximate surface area is 66.3 Å². The van der Waals surface area contributed by atoms with Crippen LogP contribution in [-0.2, 0) is 4.79 Å². The second-order valence-electron chi connectivity index (χ2n) is 0.492. The normalized spacial score (nSPS) is 4.17. The Bertz CT molecular complexity index is 34.5. The minimum absolute atomic E-state index is 0. The topological polar surface area (TPSA) is 75.1 Å². The zero-order valence-corrected chi connectivity index (χ0v) is 5.94. The average Bonchev–Trinajstić information content (AvgIpc) is 0.811. The molecule has 0 aliphatic carbocycles. The van der Waals surface area contributed by atoms with E-state index < -0.39 is 5.97 Å². The molecule has 0 rings (SSSR count). The maximum absolute atomic E-state index is 8.89. The summed E-state index contributed by atoms with van der Waals surface area (Å²) in [6.07, 6.45) is 0. The van der Waals surface area contributed by atoms with E-state index in [4.69, 9.17) is 9.90 Å². The van der Waals surface area contributed by atoms with Gasteiger partial charge in [0.25, 0.3) is 0 Å². The van der Waals surface area contributed by atoms with Gasteiger partial charge in [-0.25, -0.2) is 0 Å². The van der Waals surface area contributed by atoms with Gasteiger partial charge in [0.1, 0.15) is 0 Å². The van der Waals surface area contributed by atoms with E-state index in [1.807, 2.05) is 0 Å². The van der Waals surface area contributed by atoms with Crippen LogP contribution >= 0.6 is 0 Å². The van der Waals surface area contributed by atoms with E-state index >= 15 is 0 Å². The Hall–Kier alpha value is 0.690. The Morgan fingerprint density at radius 3 is 1.67 bits per heavy atom. The van der Waals surface area contributed by atoms with E-state index in [0.717, 1.165) is 6.92 Å². The van der Waals surface area contributed by atoms with Crippen molar-refractivity contribution in [1.82, 2.24) is 6.15 Å². The minimum atomic E-state index is -1.08. The molecule has 0 spiro atoms. The predicted octanol–water partition coefficient (Wildman–Crippen LogP) is -1.46. The molecule has 0 radical (unpaired) electrons. The van der Waals surface area contributed by atoms with Crippen molar-refractivity contribution in [3.05, 3.63) is 0 Å². The number of aliphatic carboxylic acids is 1. The zero-order valence-electron chi connectivity index (χ0n) is 3.73. The fourth-order valence-electron chi connectivity index (χ4n) is 0. The van der Waals surface area contributed by atoms with Gasteiger partial charge in [-0.2, -0.15) is 0 Å². The van der Waals surface area contributed by atoms with E-state index in [1.54, 1.807) is 0 Å². The van der Waals surface area contributed by atoms with E-state index in [2.05, 4.69) is 0 Å². The number of carbonyl (C=O) groups excluding carboxylic acids is 1. The summed E-state index contributed by atoms with van der Waals surface area (Å²) in [7, 11) is 0. The summed E-state index contributed by atoms with van der Waals surface area (Å²) in [5, 5.41) is 8.89. The molecule has 0 fully saturated rings. The number of rotatable bonds is 0. The average molecular weight is 116 g/mol.